The van der Waals surface area contributed by atoms with Gasteiger partial charge in [-0.2, -0.15) is 0 Å². The molecular weight excluding hydrogens is 164 g/mol. The Morgan fingerprint density at radius 1 is 1.38 bits per heavy atom. The molecule has 0 unspecified atom stereocenters. The van der Waals surface area contributed by atoms with E-state index >= 15 is 0 Å². The van der Waals surface area contributed by atoms with Crippen LogP contribution in [0.3, 0.4) is 0 Å². The van der Waals surface area contributed by atoms with Gasteiger partial charge in [0.2, 0.25) is 0 Å². The molecule has 0 bridgehead atoms. The Morgan fingerprint density at radius 2 is 2.15 bits per heavy atom. The summed E-state index contributed by atoms with van der Waals surface area (Å²) in [6.07, 6.45) is 0.434. The van der Waals surface area contributed by atoms with Crippen LogP contribution in [0.1, 0.15) is 30.9 Å². The lowest BCUT2D eigenvalue weighted by atomic mass is 9.96. The summed E-state index contributed by atoms with van der Waals surface area (Å²) in [4.78, 5) is 11.1. The lowest BCUT2D eigenvalue weighted by molar-refractivity contribution is -0.131. The smallest absolute Gasteiger partial charge is 0.315 e. The zero-order valence-corrected chi connectivity index (χ0v) is 7.83. The maximum atomic E-state index is 11.1. The summed E-state index contributed by atoms with van der Waals surface area (Å²) in [5.41, 5.74) is 2.30. The van der Waals surface area contributed by atoms with Crippen LogP contribution in [0, 0.1) is 0 Å². The van der Waals surface area contributed by atoms with E-state index in [4.69, 9.17) is 4.74 Å². The minimum Gasteiger partial charge on any atom is -0.426 e. The fourth-order valence-electron chi connectivity index (χ4n) is 1.71. The molecule has 0 N–H and O–H groups in total. The van der Waals surface area contributed by atoms with Crippen molar-refractivity contribution in [2.75, 3.05) is 0 Å². The number of rotatable bonds is 1. The van der Waals surface area contributed by atoms with Crippen LogP contribution in [0.2, 0.25) is 0 Å². The van der Waals surface area contributed by atoms with Gasteiger partial charge in [-0.25, -0.2) is 0 Å². The van der Waals surface area contributed by atoms with E-state index in [9.17, 15) is 4.79 Å². The van der Waals surface area contributed by atoms with Crippen LogP contribution < -0.4 is 4.74 Å². The lowest BCUT2D eigenvalue weighted by Crippen LogP contribution is -2.00. The molecule has 0 saturated heterocycles. The molecule has 2 rings (SSSR count). The lowest BCUT2D eigenvalue weighted by Gasteiger charge is -2.08. The average Bonchev–Trinajstić information content (AvgIpc) is 2.43. The molecule has 0 aliphatic carbocycles. The minimum absolute atomic E-state index is 0.136. The van der Waals surface area contributed by atoms with Crippen molar-refractivity contribution in [1.82, 2.24) is 0 Å². The Kier molecular flexibility index (Phi) is 1.83. The van der Waals surface area contributed by atoms with Gasteiger partial charge in [-0.05, 0) is 17.5 Å². The number of hydrogen-bond acceptors (Lipinski definition) is 2. The van der Waals surface area contributed by atoms with E-state index in [2.05, 4.69) is 19.9 Å². The quantitative estimate of drug-likeness (QED) is 0.484. The number of carbonyl (C=O) groups is 1. The highest BCUT2D eigenvalue weighted by atomic mass is 16.5. The topological polar surface area (TPSA) is 26.3 Å². The molecule has 0 spiro atoms. The Labute approximate surface area is 77.5 Å². The van der Waals surface area contributed by atoms with Crippen molar-refractivity contribution in [3.8, 4) is 5.75 Å². The number of fused-ring (bicyclic) bond motifs is 1. The van der Waals surface area contributed by atoms with Crippen LogP contribution in [-0.4, -0.2) is 5.97 Å². The van der Waals surface area contributed by atoms with Crippen LogP contribution in [0.5, 0.6) is 5.75 Å². The first-order chi connectivity index (χ1) is 6.18. The van der Waals surface area contributed by atoms with Crippen molar-refractivity contribution in [3.05, 3.63) is 29.3 Å². The summed E-state index contributed by atoms with van der Waals surface area (Å²) in [5.74, 6) is 1.06. The highest BCUT2D eigenvalue weighted by Gasteiger charge is 2.23. The first-order valence-electron chi connectivity index (χ1n) is 4.51. The molecule has 0 amide bonds. The van der Waals surface area contributed by atoms with Gasteiger partial charge in [-0.3, -0.25) is 4.79 Å². The molecule has 2 nitrogen and oxygen atoms in total. The predicted molar refractivity (Wildman–Crippen MR) is 49.9 cm³/mol. The van der Waals surface area contributed by atoms with Crippen LogP contribution in [0.15, 0.2) is 18.2 Å². The van der Waals surface area contributed by atoms with E-state index in [0.717, 1.165) is 11.3 Å². The van der Waals surface area contributed by atoms with Crippen molar-refractivity contribution in [2.24, 2.45) is 0 Å². The third-order valence-corrected chi connectivity index (χ3v) is 2.34. The summed E-state index contributed by atoms with van der Waals surface area (Å²) >= 11 is 0. The monoisotopic (exact) mass is 176 g/mol. The standard InChI is InChI=1S/C11H12O2/c1-7(2)8-4-3-5-10-9(8)6-11(12)13-10/h3-5,7H,6H2,1-2H3. The summed E-state index contributed by atoms with van der Waals surface area (Å²) in [7, 11) is 0. The van der Waals surface area contributed by atoms with E-state index in [-0.39, 0.29) is 5.97 Å². The van der Waals surface area contributed by atoms with Crippen LogP contribution in [0.4, 0.5) is 0 Å². The van der Waals surface area contributed by atoms with Crippen molar-refractivity contribution < 1.29 is 9.53 Å². The van der Waals surface area contributed by atoms with Gasteiger partial charge in [-0.1, -0.05) is 26.0 Å². The molecule has 1 aromatic rings. The second-order valence-electron chi connectivity index (χ2n) is 3.63. The van der Waals surface area contributed by atoms with Gasteiger partial charge in [0.1, 0.15) is 5.75 Å². The molecule has 1 aliphatic rings. The Bertz CT molecular complexity index is 353. The number of carbonyl (C=O) groups excluding carboxylic acids is 1. The zero-order chi connectivity index (χ0) is 9.42. The highest BCUT2D eigenvalue weighted by Crippen LogP contribution is 2.32. The molecule has 1 heterocycles. The molecule has 0 atom stereocenters. The third-order valence-electron chi connectivity index (χ3n) is 2.34. The van der Waals surface area contributed by atoms with Gasteiger partial charge in [0.05, 0.1) is 6.42 Å². The minimum atomic E-state index is -0.136. The molecule has 13 heavy (non-hydrogen) atoms. The van der Waals surface area contributed by atoms with E-state index in [1.807, 2.05) is 12.1 Å². The molecule has 2 heteroatoms. The largest absolute Gasteiger partial charge is 0.426 e. The first kappa shape index (κ1) is 8.30. The maximum absolute atomic E-state index is 11.1. The van der Waals surface area contributed by atoms with Gasteiger partial charge in [0.25, 0.3) is 0 Å². The SMILES string of the molecule is CC(C)c1cccc2c1CC(=O)O2. The summed E-state index contributed by atoms with van der Waals surface area (Å²) in [6, 6.07) is 5.85. The van der Waals surface area contributed by atoms with Crippen molar-refractivity contribution in [3.63, 3.8) is 0 Å². The second-order valence-corrected chi connectivity index (χ2v) is 3.63. The highest BCUT2D eigenvalue weighted by molar-refractivity contribution is 5.81. The Balaban J connectivity index is 2.51. The van der Waals surface area contributed by atoms with Gasteiger partial charge in [0.15, 0.2) is 0 Å². The van der Waals surface area contributed by atoms with E-state index in [1.165, 1.54) is 5.56 Å². The van der Waals surface area contributed by atoms with Gasteiger partial charge in [-0.15, -0.1) is 0 Å². The van der Waals surface area contributed by atoms with Gasteiger partial charge < -0.3 is 4.74 Å². The Hall–Kier alpha value is -1.31. The van der Waals surface area contributed by atoms with Gasteiger partial charge in [0, 0.05) is 5.56 Å². The molecule has 0 aromatic heterocycles. The molecular formula is C11H12O2. The maximum Gasteiger partial charge on any atom is 0.315 e. The zero-order valence-electron chi connectivity index (χ0n) is 7.83. The average molecular weight is 176 g/mol. The summed E-state index contributed by atoms with van der Waals surface area (Å²) in [5, 5.41) is 0. The Morgan fingerprint density at radius 3 is 2.85 bits per heavy atom. The predicted octanol–water partition coefficient (Wildman–Crippen LogP) is 2.27. The number of benzene rings is 1. The first-order valence-corrected chi connectivity index (χ1v) is 4.51. The molecule has 0 saturated carbocycles. The van der Waals surface area contributed by atoms with Crippen molar-refractivity contribution in [1.29, 1.82) is 0 Å². The van der Waals surface area contributed by atoms with E-state index < -0.39 is 0 Å². The molecule has 68 valence electrons. The fraction of sp³-hybridized carbons (Fsp3) is 0.364. The summed E-state index contributed by atoms with van der Waals surface area (Å²) < 4.78 is 5.06. The number of hydrogen-bond donors (Lipinski definition) is 0. The number of esters is 1. The van der Waals surface area contributed by atoms with Crippen LogP contribution in [0.25, 0.3) is 0 Å². The van der Waals surface area contributed by atoms with Gasteiger partial charge >= 0.3 is 5.97 Å². The molecule has 0 radical (unpaired) electrons. The van der Waals surface area contributed by atoms with E-state index in [1.54, 1.807) is 0 Å². The molecule has 1 aliphatic heterocycles. The number of ether oxygens (including phenoxy) is 1. The van der Waals surface area contributed by atoms with Crippen LogP contribution in [-0.2, 0) is 11.2 Å². The molecule has 0 fully saturated rings. The third kappa shape index (κ3) is 1.32. The van der Waals surface area contributed by atoms with Crippen molar-refractivity contribution >= 4 is 5.97 Å². The fourth-order valence-corrected chi connectivity index (χ4v) is 1.71. The van der Waals surface area contributed by atoms with E-state index in [0.29, 0.717) is 12.3 Å². The van der Waals surface area contributed by atoms with Crippen LogP contribution >= 0.6 is 0 Å². The molecule has 1 aromatic carbocycles. The summed E-state index contributed by atoms with van der Waals surface area (Å²) in [6.45, 7) is 4.25. The van der Waals surface area contributed by atoms with Crippen molar-refractivity contribution in [2.45, 2.75) is 26.2 Å². The normalized spacial score (nSPS) is 14.5. The second kappa shape index (κ2) is 2.87.